The van der Waals surface area contributed by atoms with Crippen LogP contribution < -0.4 is 5.32 Å². The second kappa shape index (κ2) is 7.50. The summed E-state index contributed by atoms with van der Waals surface area (Å²) in [6.07, 6.45) is 2.69. The lowest BCUT2D eigenvalue weighted by molar-refractivity contribution is 0.0688. The number of nitrogens with one attached hydrogen (secondary N) is 1. The molecule has 0 saturated heterocycles. The summed E-state index contributed by atoms with van der Waals surface area (Å²) >= 11 is 0. The van der Waals surface area contributed by atoms with Gasteiger partial charge in [-0.05, 0) is 25.5 Å². The molecule has 8 nitrogen and oxygen atoms in total. The first kappa shape index (κ1) is 16.6. The van der Waals surface area contributed by atoms with E-state index in [1.54, 1.807) is 13.2 Å². The Morgan fingerprint density at radius 2 is 2.00 bits per heavy atom. The molecule has 2 N–H and O–H groups in total. The molecule has 0 radical (unpaired) electrons. The molecule has 0 fully saturated rings. The fraction of sp³-hybridized carbons (Fsp3) is 0.333. The lowest BCUT2D eigenvalue weighted by atomic mass is 10.1. The molecule has 122 valence electrons. The maximum atomic E-state index is 12.2. The second-order valence-corrected chi connectivity index (χ2v) is 4.85. The molecule has 8 heteroatoms. The van der Waals surface area contributed by atoms with Gasteiger partial charge in [-0.15, -0.1) is 0 Å². The van der Waals surface area contributed by atoms with E-state index in [1.807, 2.05) is 13.0 Å². The molecular formula is C15H17N3O5. The second-order valence-electron chi connectivity index (χ2n) is 4.85. The Balaban J connectivity index is 2.11. The van der Waals surface area contributed by atoms with E-state index >= 15 is 0 Å². The van der Waals surface area contributed by atoms with E-state index in [2.05, 4.69) is 15.3 Å². The number of aryl methyl sites for hydroxylation is 1. The van der Waals surface area contributed by atoms with E-state index in [0.29, 0.717) is 18.8 Å². The highest BCUT2D eigenvalue weighted by Gasteiger charge is 2.20. The van der Waals surface area contributed by atoms with Gasteiger partial charge in [0.05, 0.1) is 18.4 Å². The third kappa shape index (κ3) is 4.36. The zero-order chi connectivity index (χ0) is 16.8. The number of carbonyl (C=O) groups excluding carboxylic acids is 1. The number of amides is 1. The number of hydrogen-bond acceptors (Lipinski definition) is 6. The van der Waals surface area contributed by atoms with Crippen LogP contribution in [0.25, 0.3) is 0 Å². The molecular weight excluding hydrogens is 302 g/mol. The fourth-order valence-electron chi connectivity index (χ4n) is 1.95. The Morgan fingerprint density at radius 3 is 2.52 bits per heavy atom. The lowest BCUT2D eigenvalue weighted by Gasteiger charge is -2.16. The summed E-state index contributed by atoms with van der Waals surface area (Å²) in [5, 5.41) is 11.6. The molecule has 2 aromatic heterocycles. The van der Waals surface area contributed by atoms with Crippen molar-refractivity contribution in [1.82, 2.24) is 15.3 Å². The number of furan rings is 1. The van der Waals surface area contributed by atoms with Crippen molar-refractivity contribution in [3.63, 3.8) is 0 Å². The minimum absolute atomic E-state index is 0.0284. The van der Waals surface area contributed by atoms with Gasteiger partial charge in [-0.3, -0.25) is 4.79 Å². The molecule has 2 rings (SSSR count). The number of nitrogens with zero attached hydrogens (tertiary/aromatic N) is 2. The number of carbonyl (C=O) groups is 2. The smallest absolute Gasteiger partial charge is 0.356 e. The molecule has 1 unspecified atom stereocenters. The van der Waals surface area contributed by atoms with E-state index in [0.717, 1.165) is 18.2 Å². The predicted octanol–water partition coefficient (Wildman–Crippen LogP) is 1.58. The van der Waals surface area contributed by atoms with Crippen LogP contribution in [0.3, 0.4) is 0 Å². The quantitative estimate of drug-likeness (QED) is 0.796. The average Bonchev–Trinajstić information content (AvgIpc) is 2.97. The molecule has 1 amide bonds. The number of ether oxygens (including phenoxy) is 1. The maximum Gasteiger partial charge on any atom is 0.356 e. The molecule has 0 bridgehead atoms. The number of rotatable bonds is 7. The van der Waals surface area contributed by atoms with Crippen LogP contribution in [-0.2, 0) is 4.74 Å². The van der Waals surface area contributed by atoms with Crippen LogP contribution in [0.15, 0.2) is 28.9 Å². The first-order chi connectivity index (χ1) is 11.0. The topological polar surface area (TPSA) is 115 Å². The molecule has 2 heterocycles. The molecule has 0 saturated carbocycles. The van der Waals surface area contributed by atoms with Gasteiger partial charge < -0.3 is 19.6 Å². The molecule has 2 aromatic rings. The Labute approximate surface area is 132 Å². The van der Waals surface area contributed by atoms with Crippen LogP contribution >= 0.6 is 0 Å². The molecule has 23 heavy (non-hydrogen) atoms. The minimum Gasteiger partial charge on any atom is -0.476 e. The highest BCUT2D eigenvalue weighted by Crippen LogP contribution is 2.20. The number of aromatic carboxylic acids is 1. The van der Waals surface area contributed by atoms with Crippen molar-refractivity contribution in [3.05, 3.63) is 47.4 Å². The monoisotopic (exact) mass is 319 g/mol. The molecule has 0 aliphatic heterocycles. The molecule has 0 aliphatic carbocycles. The van der Waals surface area contributed by atoms with Gasteiger partial charge in [-0.1, -0.05) is 0 Å². The Kier molecular flexibility index (Phi) is 5.42. The largest absolute Gasteiger partial charge is 0.476 e. The van der Waals surface area contributed by atoms with Crippen molar-refractivity contribution in [2.24, 2.45) is 0 Å². The van der Waals surface area contributed by atoms with Gasteiger partial charge in [0, 0.05) is 13.7 Å². The highest BCUT2D eigenvalue weighted by molar-refractivity contribution is 5.92. The number of carboxylic acids is 1. The predicted molar refractivity (Wildman–Crippen MR) is 79.1 cm³/mol. The van der Waals surface area contributed by atoms with E-state index < -0.39 is 11.9 Å². The third-order valence-electron chi connectivity index (χ3n) is 3.12. The Morgan fingerprint density at radius 1 is 1.30 bits per heavy atom. The summed E-state index contributed by atoms with van der Waals surface area (Å²) in [6, 6.07) is 3.22. The van der Waals surface area contributed by atoms with Crippen LogP contribution in [0.4, 0.5) is 0 Å². The summed E-state index contributed by atoms with van der Waals surface area (Å²) in [4.78, 5) is 30.5. The zero-order valence-electron chi connectivity index (χ0n) is 12.8. The van der Waals surface area contributed by atoms with Gasteiger partial charge in [0.2, 0.25) is 0 Å². The van der Waals surface area contributed by atoms with Crippen molar-refractivity contribution >= 4 is 11.9 Å². The summed E-state index contributed by atoms with van der Waals surface area (Å²) in [6.45, 7) is 2.25. The van der Waals surface area contributed by atoms with E-state index in [4.69, 9.17) is 14.3 Å². The SMILES string of the molecule is COCCC(NC(=O)c1cnc(C(=O)O)cn1)c1ccc(C)o1. The Bertz CT molecular complexity index is 681. The van der Waals surface area contributed by atoms with Crippen LogP contribution in [0.1, 0.15) is 45.0 Å². The number of carboxylic acid groups (broad SMARTS) is 1. The van der Waals surface area contributed by atoms with E-state index in [1.165, 1.54) is 0 Å². The molecule has 0 spiro atoms. The van der Waals surface area contributed by atoms with E-state index in [9.17, 15) is 9.59 Å². The highest BCUT2D eigenvalue weighted by atomic mass is 16.5. The minimum atomic E-state index is -1.20. The van der Waals surface area contributed by atoms with Crippen molar-refractivity contribution in [3.8, 4) is 0 Å². The summed E-state index contributed by atoms with van der Waals surface area (Å²) in [7, 11) is 1.57. The first-order valence-electron chi connectivity index (χ1n) is 6.92. The van der Waals surface area contributed by atoms with Crippen molar-refractivity contribution in [2.75, 3.05) is 13.7 Å². The van der Waals surface area contributed by atoms with Gasteiger partial charge in [0.25, 0.3) is 5.91 Å². The van der Waals surface area contributed by atoms with Crippen LogP contribution in [0.2, 0.25) is 0 Å². The standard InChI is InChI=1S/C15H17N3O5/c1-9-3-4-13(23-9)10(5-6-22-2)18-14(19)11-7-17-12(8-16-11)15(20)21/h3-4,7-8,10H,5-6H2,1-2H3,(H,18,19)(H,20,21). The van der Waals surface area contributed by atoms with Gasteiger partial charge in [0.15, 0.2) is 5.69 Å². The van der Waals surface area contributed by atoms with Crippen LogP contribution in [0, 0.1) is 6.92 Å². The fourth-order valence-corrected chi connectivity index (χ4v) is 1.95. The van der Waals surface area contributed by atoms with Gasteiger partial charge in [0.1, 0.15) is 17.2 Å². The Hall–Kier alpha value is -2.74. The summed E-state index contributed by atoms with van der Waals surface area (Å²) in [5.74, 6) is -0.316. The van der Waals surface area contributed by atoms with Gasteiger partial charge in [-0.2, -0.15) is 0 Å². The summed E-state index contributed by atoms with van der Waals surface area (Å²) in [5.41, 5.74) is -0.195. The third-order valence-corrected chi connectivity index (χ3v) is 3.12. The maximum absolute atomic E-state index is 12.2. The van der Waals surface area contributed by atoms with Crippen LogP contribution in [0.5, 0.6) is 0 Å². The van der Waals surface area contributed by atoms with Gasteiger partial charge >= 0.3 is 5.97 Å². The van der Waals surface area contributed by atoms with Crippen molar-refractivity contribution in [2.45, 2.75) is 19.4 Å². The number of methoxy groups -OCH3 is 1. The summed E-state index contributed by atoms with van der Waals surface area (Å²) < 4.78 is 10.6. The normalized spacial score (nSPS) is 11.9. The lowest BCUT2D eigenvalue weighted by Crippen LogP contribution is -2.30. The van der Waals surface area contributed by atoms with Gasteiger partial charge in [-0.25, -0.2) is 14.8 Å². The molecule has 1 atom stereocenters. The molecule has 0 aromatic carbocycles. The van der Waals surface area contributed by atoms with E-state index in [-0.39, 0.29) is 17.4 Å². The van der Waals surface area contributed by atoms with Crippen molar-refractivity contribution < 1.29 is 23.8 Å². The number of hydrogen-bond donors (Lipinski definition) is 2. The zero-order valence-corrected chi connectivity index (χ0v) is 12.8. The van der Waals surface area contributed by atoms with Crippen molar-refractivity contribution in [1.29, 1.82) is 0 Å². The first-order valence-corrected chi connectivity index (χ1v) is 6.92. The molecule has 0 aliphatic rings. The van der Waals surface area contributed by atoms with Crippen LogP contribution in [-0.4, -0.2) is 40.7 Å². The average molecular weight is 319 g/mol. The number of aromatic nitrogens is 2.